The van der Waals surface area contributed by atoms with E-state index in [2.05, 4.69) is 25.7 Å². The van der Waals surface area contributed by atoms with Gasteiger partial charge in [0.05, 0.1) is 30.4 Å². The Balaban J connectivity index is 1.34. The van der Waals surface area contributed by atoms with E-state index in [1.807, 2.05) is 0 Å². The first-order valence-electron chi connectivity index (χ1n) is 15.7. The highest BCUT2D eigenvalue weighted by atomic mass is 19.1. The highest BCUT2D eigenvalue weighted by molar-refractivity contribution is 6.04. The maximum Gasteiger partial charge on any atom is 0.319 e. The molecular weight excluding hydrogens is 599 g/mol. The molecule has 3 saturated heterocycles. The van der Waals surface area contributed by atoms with Crippen LogP contribution in [0.15, 0.2) is 24.3 Å². The number of halogens is 3. The Hall–Kier alpha value is -4.34. The standard InChI is InChI=1S/C34H32F3N5O4/c1-2-23-25(36)6-5-19-13-22(43)14-24(26(19)23)29-28(37)30-27-31(42(21-7-12-44-17-21)10-4-11-45-32(27)38-29)40-33(39-30)46-18-34-8-3-9-41(34)16-20(35)15-34/h1,5-6,13-14,20-21,43H,3-4,7-12,15-18H2/t20-,21?,34+/m1/s1. The summed E-state index contributed by atoms with van der Waals surface area (Å²) < 4.78 is 64.5. The third-order valence-corrected chi connectivity index (χ3v) is 9.80. The minimum Gasteiger partial charge on any atom is -0.508 e. The predicted octanol–water partition coefficient (Wildman–Crippen LogP) is 5.14. The molecule has 3 fully saturated rings. The maximum atomic E-state index is 17.0. The minimum absolute atomic E-state index is 0.0122. The average Bonchev–Trinajstić information content (AvgIpc) is 3.76. The van der Waals surface area contributed by atoms with Gasteiger partial charge in [-0.1, -0.05) is 12.0 Å². The lowest BCUT2D eigenvalue weighted by Crippen LogP contribution is -2.43. The lowest BCUT2D eigenvalue weighted by atomic mass is 9.95. The number of rotatable bonds is 5. The number of anilines is 1. The lowest BCUT2D eigenvalue weighted by Gasteiger charge is -2.33. The summed E-state index contributed by atoms with van der Waals surface area (Å²) in [7, 11) is 0. The molecule has 0 amide bonds. The van der Waals surface area contributed by atoms with Crippen LogP contribution >= 0.6 is 0 Å². The highest BCUT2D eigenvalue weighted by Gasteiger charge is 2.49. The van der Waals surface area contributed by atoms with E-state index < -0.39 is 23.3 Å². The van der Waals surface area contributed by atoms with E-state index in [9.17, 15) is 13.9 Å². The number of fused-ring (bicyclic) bond motifs is 2. The van der Waals surface area contributed by atoms with Crippen LogP contribution in [-0.4, -0.2) is 88.8 Å². The number of benzene rings is 2. The van der Waals surface area contributed by atoms with Crippen molar-refractivity contribution < 1.29 is 32.5 Å². The second-order valence-corrected chi connectivity index (χ2v) is 12.6. The Morgan fingerprint density at radius 3 is 2.83 bits per heavy atom. The second-order valence-electron chi connectivity index (χ2n) is 12.6. The number of terminal acetylenes is 1. The third-order valence-electron chi connectivity index (χ3n) is 9.80. The fourth-order valence-corrected chi connectivity index (χ4v) is 7.69. The van der Waals surface area contributed by atoms with Crippen molar-refractivity contribution in [3.63, 3.8) is 0 Å². The van der Waals surface area contributed by atoms with Crippen molar-refractivity contribution in [2.45, 2.75) is 49.9 Å². The van der Waals surface area contributed by atoms with Crippen LogP contribution in [0, 0.1) is 24.0 Å². The molecule has 4 aromatic rings. The molecule has 12 heteroatoms. The Labute approximate surface area is 263 Å². The van der Waals surface area contributed by atoms with Gasteiger partial charge in [-0.3, -0.25) is 4.90 Å². The molecule has 238 valence electrons. The normalized spacial score (nSPS) is 24.5. The molecule has 4 aliphatic rings. The fraction of sp³-hybridized carbons (Fsp3) is 0.441. The summed E-state index contributed by atoms with van der Waals surface area (Å²) in [4.78, 5) is 18.2. The molecule has 8 rings (SSSR count). The van der Waals surface area contributed by atoms with E-state index in [0.717, 1.165) is 25.8 Å². The zero-order chi connectivity index (χ0) is 31.6. The van der Waals surface area contributed by atoms with Crippen molar-refractivity contribution >= 4 is 27.5 Å². The van der Waals surface area contributed by atoms with Gasteiger partial charge in [0.15, 0.2) is 5.82 Å². The number of aromatic hydroxyl groups is 1. The van der Waals surface area contributed by atoms with Crippen LogP contribution in [0.5, 0.6) is 17.6 Å². The number of hydrogen-bond donors (Lipinski definition) is 1. The summed E-state index contributed by atoms with van der Waals surface area (Å²) >= 11 is 0. The van der Waals surface area contributed by atoms with Gasteiger partial charge in [-0.2, -0.15) is 9.97 Å². The molecule has 1 N–H and O–H groups in total. The Morgan fingerprint density at radius 2 is 2.00 bits per heavy atom. The van der Waals surface area contributed by atoms with E-state index >= 15 is 4.39 Å². The monoisotopic (exact) mass is 631 g/mol. The summed E-state index contributed by atoms with van der Waals surface area (Å²) in [5, 5.41) is 11.5. The van der Waals surface area contributed by atoms with Crippen molar-refractivity contribution in [1.29, 1.82) is 0 Å². The van der Waals surface area contributed by atoms with Gasteiger partial charge in [-0.05, 0) is 55.8 Å². The minimum atomic E-state index is -0.937. The largest absolute Gasteiger partial charge is 0.508 e. The molecule has 2 aromatic heterocycles. The first-order valence-corrected chi connectivity index (χ1v) is 15.7. The zero-order valence-corrected chi connectivity index (χ0v) is 25.1. The van der Waals surface area contributed by atoms with Gasteiger partial charge in [0, 0.05) is 37.1 Å². The molecule has 9 nitrogen and oxygen atoms in total. The van der Waals surface area contributed by atoms with Crippen molar-refractivity contribution in [3.8, 4) is 41.2 Å². The van der Waals surface area contributed by atoms with Gasteiger partial charge in [-0.15, -0.1) is 6.42 Å². The first kappa shape index (κ1) is 29.1. The molecular formula is C34H32F3N5O4. The Kier molecular flexibility index (Phi) is 7.06. The molecule has 0 spiro atoms. The van der Waals surface area contributed by atoms with Gasteiger partial charge in [0.1, 0.15) is 46.8 Å². The van der Waals surface area contributed by atoms with Crippen molar-refractivity contribution in [2.24, 2.45) is 0 Å². The van der Waals surface area contributed by atoms with Crippen LogP contribution in [0.3, 0.4) is 0 Å². The van der Waals surface area contributed by atoms with Gasteiger partial charge < -0.3 is 24.2 Å². The number of phenolic OH excluding ortho intramolecular Hbond substituents is 1. The Bertz CT molecular complexity index is 1910. The average molecular weight is 632 g/mol. The molecule has 46 heavy (non-hydrogen) atoms. The summed E-state index contributed by atoms with van der Waals surface area (Å²) in [6.45, 7) is 3.27. The number of nitrogens with zero attached hydrogens (tertiary/aromatic N) is 5. The summed E-state index contributed by atoms with van der Waals surface area (Å²) in [5.41, 5.74) is -0.770. The third kappa shape index (κ3) is 4.67. The van der Waals surface area contributed by atoms with Crippen LogP contribution in [0.2, 0.25) is 0 Å². The summed E-state index contributed by atoms with van der Waals surface area (Å²) in [6, 6.07) is 5.34. The molecule has 6 heterocycles. The molecule has 2 aromatic carbocycles. The first-order chi connectivity index (χ1) is 22.3. The number of pyridine rings is 1. The van der Waals surface area contributed by atoms with Crippen LogP contribution in [0.1, 0.15) is 37.7 Å². The van der Waals surface area contributed by atoms with Crippen LogP contribution in [0.25, 0.3) is 32.9 Å². The molecule has 0 bridgehead atoms. The second kappa shape index (κ2) is 11.2. The lowest BCUT2D eigenvalue weighted by molar-refractivity contribution is 0.107. The van der Waals surface area contributed by atoms with Crippen molar-refractivity contribution in [3.05, 3.63) is 41.5 Å². The number of ether oxygens (including phenoxy) is 3. The predicted molar refractivity (Wildman–Crippen MR) is 165 cm³/mol. The van der Waals surface area contributed by atoms with Gasteiger partial charge >= 0.3 is 6.01 Å². The Morgan fingerprint density at radius 1 is 1.11 bits per heavy atom. The molecule has 0 radical (unpaired) electrons. The van der Waals surface area contributed by atoms with Gasteiger partial charge in [-0.25, -0.2) is 18.2 Å². The van der Waals surface area contributed by atoms with Crippen molar-refractivity contribution in [2.75, 3.05) is 51.0 Å². The van der Waals surface area contributed by atoms with E-state index in [-0.39, 0.29) is 63.4 Å². The number of aromatic nitrogens is 3. The van der Waals surface area contributed by atoms with E-state index in [1.165, 1.54) is 24.3 Å². The SMILES string of the molecule is C#Cc1c(F)ccc2cc(O)cc(-c3nc4c5c(nc(OC[C@@]67CCCN6C[C@H](F)C7)nc5c3F)N(C3CCOC3)CCCO4)c12. The topological polar surface area (TPSA) is 93.1 Å². The molecule has 0 saturated carbocycles. The molecule has 0 aliphatic carbocycles. The molecule has 3 atom stereocenters. The zero-order valence-electron chi connectivity index (χ0n) is 25.1. The van der Waals surface area contributed by atoms with Gasteiger partial charge in [0.25, 0.3) is 0 Å². The number of hydrogen-bond acceptors (Lipinski definition) is 9. The van der Waals surface area contributed by atoms with E-state index in [0.29, 0.717) is 57.0 Å². The fourth-order valence-electron chi connectivity index (χ4n) is 7.69. The maximum absolute atomic E-state index is 17.0. The van der Waals surface area contributed by atoms with E-state index in [4.69, 9.17) is 25.6 Å². The summed E-state index contributed by atoms with van der Waals surface area (Å²) in [6.07, 6.45) is 8.25. The van der Waals surface area contributed by atoms with E-state index in [1.54, 1.807) is 0 Å². The van der Waals surface area contributed by atoms with Crippen LogP contribution in [0.4, 0.5) is 19.0 Å². The smallest absolute Gasteiger partial charge is 0.319 e. The van der Waals surface area contributed by atoms with Gasteiger partial charge in [0.2, 0.25) is 5.88 Å². The molecule has 4 aliphatic heterocycles. The summed E-state index contributed by atoms with van der Waals surface area (Å²) in [5.74, 6) is 1.21. The van der Waals surface area contributed by atoms with Crippen LogP contribution in [-0.2, 0) is 4.74 Å². The van der Waals surface area contributed by atoms with Crippen LogP contribution < -0.4 is 14.4 Å². The molecule has 1 unspecified atom stereocenters. The van der Waals surface area contributed by atoms with Crippen molar-refractivity contribution in [1.82, 2.24) is 19.9 Å². The quantitative estimate of drug-likeness (QED) is 0.301. The number of alkyl halides is 1. The number of phenols is 1. The highest BCUT2D eigenvalue weighted by Crippen LogP contribution is 2.44.